The van der Waals surface area contributed by atoms with Crippen molar-refractivity contribution >= 4 is 67.3 Å². The van der Waals surface area contributed by atoms with Gasteiger partial charge < -0.3 is 40.0 Å². The van der Waals surface area contributed by atoms with Crippen LogP contribution in [0.15, 0.2) is 316 Å². The Labute approximate surface area is 531 Å². The number of fused-ring (bicyclic) bond motifs is 4. The minimum absolute atomic E-state index is 0. The number of hydrogen-bond donors (Lipinski definition) is 0. The van der Waals surface area contributed by atoms with E-state index in [4.69, 9.17) is 0 Å². The van der Waals surface area contributed by atoms with Gasteiger partial charge in [0.25, 0.3) is 0 Å². The van der Waals surface area contributed by atoms with Gasteiger partial charge in [-0.3, -0.25) is 0 Å². The van der Waals surface area contributed by atoms with Gasteiger partial charge in [0.2, 0.25) is 0 Å². The topological polar surface area (TPSA) is 66.9 Å². The normalized spacial score (nSPS) is 11.8. The van der Waals surface area contributed by atoms with Crippen molar-refractivity contribution in [3.8, 4) is 44.5 Å². The molecule has 14 aromatic rings. The van der Waals surface area contributed by atoms with Crippen molar-refractivity contribution in [1.29, 1.82) is 0 Å². The molecule has 0 saturated carbocycles. The molecule has 0 bridgehead atoms. The van der Waals surface area contributed by atoms with Gasteiger partial charge in [0.05, 0.1) is 0 Å². The number of benzene rings is 12. The second-order valence-electron chi connectivity index (χ2n) is 19.9. The van der Waals surface area contributed by atoms with E-state index in [2.05, 4.69) is 296 Å². The molecule has 0 N–H and O–H groups in total. The second kappa shape index (κ2) is 27.7. The summed E-state index contributed by atoms with van der Waals surface area (Å²) in [5.41, 5.74) is 20.5. The van der Waals surface area contributed by atoms with Crippen LogP contribution >= 0.6 is 0 Å². The van der Waals surface area contributed by atoms with Crippen molar-refractivity contribution in [2.45, 2.75) is 0 Å². The summed E-state index contributed by atoms with van der Waals surface area (Å²) in [6, 6.07) is 111. The molecule has 0 radical (unpaired) electrons. The SMILES string of the molecule is [Pt].[Pt].[c-]1ccccc1N1[CH-]N(c2c(-c3ccccc3)cccc2-c2ccccc2)c2ccccc21.[c-]1ccccc1N1[CH-]N(c2c(-c3ccccc3)cccc2-c2ccccc2)c2ccccc21.c1ccc2[n-]ncc2c1.c1ccc2[n-]ncc2c1. The van der Waals surface area contributed by atoms with Crippen molar-refractivity contribution < 1.29 is 42.1 Å². The Morgan fingerprint density at radius 1 is 0.279 bits per heavy atom. The molecule has 0 unspecified atom stereocenters. The fourth-order valence-electron chi connectivity index (χ4n) is 10.7. The molecule has 4 heterocycles. The van der Waals surface area contributed by atoms with Crippen molar-refractivity contribution in [3.63, 3.8) is 0 Å². The molecule has 0 spiro atoms. The summed E-state index contributed by atoms with van der Waals surface area (Å²) >= 11 is 0. The van der Waals surface area contributed by atoms with E-state index in [1.807, 2.05) is 72.8 Å². The molecule has 86 heavy (non-hydrogen) atoms. The molecule has 2 aliphatic heterocycles. The van der Waals surface area contributed by atoms with Crippen LogP contribution in [0.4, 0.5) is 45.5 Å². The maximum Gasteiger partial charge on any atom is 0.0344 e. The smallest absolute Gasteiger partial charge is 0.0344 e. The van der Waals surface area contributed by atoms with E-state index < -0.39 is 0 Å². The van der Waals surface area contributed by atoms with E-state index in [1.54, 1.807) is 12.4 Å². The Bertz CT molecular complexity index is 3950. The van der Waals surface area contributed by atoms with E-state index in [1.165, 1.54) is 55.9 Å². The van der Waals surface area contributed by atoms with Gasteiger partial charge in [-0.25, -0.2) is 0 Å². The summed E-state index contributed by atoms with van der Waals surface area (Å²) in [4.78, 5) is 9.07. The van der Waals surface area contributed by atoms with Crippen LogP contribution in [0.2, 0.25) is 0 Å². The van der Waals surface area contributed by atoms with Gasteiger partial charge in [-0.2, -0.15) is 60.7 Å². The number of nitrogens with zero attached hydrogens (tertiary/aromatic N) is 8. The fraction of sp³-hybridized carbons (Fsp3) is 0. The molecule has 0 atom stereocenters. The molecule has 2 aliphatic rings. The molecule has 0 saturated heterocycles. The monoisotopic (exact) mass is 1470 g/mol. The van der Waals surface area contributed by atoms with Crippen LogP contribution in [-0.4, -0.2) is 10.2 Å². The average molecular weight is 1470 g/mol. The minimum atomic E-state index is 0. The van der Waals surface area contributed by atoms with Crippen LogP contribution in [0.5, 0.6) is 0 Å². The summed E-state index contributed by atoms with van der Waals surface area (Å²) in [5, 5.41) is 17.5. The van der Waals surface area contributed by atoms with E-state index in [0.717, 1.165) is 55.9 Å². The van der Waals surface area contributed by atoms with Gasteiger partial charge >= 0.3 is 0 Å². The number of anilines is 8. The van der Waals surface area contributed by atoms with E-state index >= 15 is 0 Å². The number of rotatable bonds is 8. The number of para-hydroxylation sites is 8. The maximum atomic E-state index is 3.87. The first-order valence-corrected chi connectivity index (χ1v) is 27.9. The van der Waals surface area contributed by atoms with Gasteiger partial charge in [-0.05, 0) is 57.3 Å². The van der Waals surface area contributed by atoms with Crippen molar-refractivity contribution in [2.24, 2.45) is 0 Å². The molecule has 424 valence electrons. The zero-order valence-electron chi connectivity index (χ0n) is 46.4. The Morgan fingerprint density at radius 2 is 0.570 bits per heavy atom. The van der Waals surface area contributed by atoms with Gasteiger partial charge in [0.1, 0.15) is 0 Å². The van der Waals surface area contributed by atoms with Crippen LogP contribution in [0.25, 0.3) is 66.3 Å². The first kappa shape index (κ1) is 58.0. The van der Waals surface area contributed by atoms with Crippen LogP contribution in [0.3, 0.4) is 0 Å². The van der Waals surface area contributed by atoms with Gasteiger partial charge in [0, 0.05) is 111 Å². The van der Waals surface area contributed by atoms with Crippen LogP contribution < -0.4 is 29.8 Å². The molecule has 0 fully saturated rings. The van der Waals surface area contributed by atoms with Crippen molar-refractivity contribution in [3.05, 3.63) is 341 Å². The third-order valence-corrected chi connectivity index (χ3v) is 14.7. The molecule has 10 heteroatoms. The van der Waals surface area contributed by atoms with Crippen molar-refractivity contribution in [2.75, 3.05) is 19.6 Å². The predicted molar refractivity (Wildman–Crippen MR) is 345 cm³/mol. The first-order valence-electron chi connectivity index (χ1n) is 27.9. The van der Waals surface area contributed by atoms with Crippen LogP contribution in [0, 0.1) is 25.5 Å². The summed E-state index contributed by atoms with van der Waals surface area (Å²) < 4.78 is 0. The largest absolute Gasteiger partial charge is 0.575 e. The number of hydrogen-bond acceptors (Lipinski definition) is 6. The Hall–Kier alpha value is -9.84. The summed E-state index contributed by atoms with van der Waals surface area (Å²) in [7, 11) is 0. The van der Waals surface area contributed by atoms with Gasteiger partial charge in [-0.1, -0.05) is 231 Å². The fourth-order valence-corrected chi connectivity index (χ4v) is 10.7. The van der Waals surface area contributed by atoms with Crippen LogP contribution in [-0.2, 0) is 42.1 Å². The molecule has 16 rings (SSSR count). The number of aromatic nitrogens is 4. The third-order valence-electron chi connectivity index (χ3n) is 14.7. The Balaban J connectivity index is 0.000000135. The Kier molecular flexibility index (Phi) is 18.7. The Morgan fingerprint density at radius 3 is 0.884 bits per heavy atom. The molecule has 12 aromatic carbocycles. The third kappa shape index (κ3) is 12.5. The van der Waals surface area contributed by atoms with Crippen LogP contribution in [0.1, 0.15) is 0 Å². The summed E-state index contributed by atoms with van der Waals surface area (Å²) in [6.07, 6.45) is 3.52. The molecule has 2 aromatic heterocycles. The second-order valence-corrected chi connectivity index (χ2v) is 19.9. The zero-order chi connectivity index (χ0) is 56.3. The van der Waals surface area contributed by atoms with E-state index in [0.29, 0.717) is 0 Å². The molecule has 0 aliphatic carbocycles. The van der Waals surface area contributed by atoms with Gasteiger partial charge in [-0.15, -0.1) is 35.7 Å². The quantitative estimate of drug-likeness (QED) is 0.139. The average Bonchev–Trinajstić information content (AvgIpc) is 1.92. The molecule has 8 nitrogen and oxygen atoms in total. The predicted octanol–water partition coefficient (Wildman–Crippen LogP) is 18.8. The molecule has 0 amide bonds. The summed E-state index contributed by atoms with van der Waals surface area (Å²) in [5.74, 6) is 0. The van der Waals surface area contributed by atoms with E-state index in [-0.39, 0.29) is 42.1 Å². The molecular formula is C76H54N8Pt2-6. The van der Waals surface area contributed by atoms with Crippen molar-refractivity contribution in [1.82, 2.24) is 20.4 Å². The maximum absolute atomic E-state index is 3.87. The van der Waals surface area contributed by atoms with Gasteiger partial charge in [0.15, 0.2) is 0 Å². The standard InChI is InChI=1S/2C31H22N2.2C7H5N2.2Pt/c2*1-4-13-24(14-5-1)27-19-12-20-28(25-15-6-2-7-16-25)31(27)33-23-32(26-17-8-3-9-18-26)29-21-10-11-22-30(29)33;2*1-2-4-7-6(3-1)5-8-9-7;;/h2*1-17,19-23H;2*1-5H;;/q2*-2;2*-1;;. The van der Waals surface area contributed by atoms with E-state index in [9.17, 15) is 0 Å². The zero-order valence-corrected chi connectivity index (χ0v) is 50.9. The molecular weight excluding hydrogens is 1420 g/mol. The first-order chi connectivity index (χ1) is 41.7. The summed E-state index contributed by atoms with van der Waals surface area (Å²) in [6.45, 7) is 4.37. The minimum Gasteiger partial charge on any atom is -0.575 e.